The molecular weight excluding hydrogens is 496 g/mol. The fourth-order valence-corrected chi connectivity index (χ4v) is 3.99. The van der Waals surface area contributed by atoms with Crippen molar-refractivity contribution in [3.63, 3.8) is 0 Å². The number of rotatable bonds is 8. The first kappa shape index (κ1) is 27.1. The Balaban J connectivity index is 2.46. The fraction of sp³-hybridized carbons (Fsp3) is 0.917. The van der Waals surface area contributed by atoms with Gasteiger partial charge in [-0.05, 0) is 0 Å². The molecule has 0 aliphatic carbocycles. The number of carboxylic acid groups (broad SMARTS) is 1. The van der Waals surface area contributed by atoms with Crippen molar-refractivity contribution in [2.75, 3.05) is 6.61 Å². The van der Waals surface area contributed by atoms with Crippen LogP contribution in [0.4, 0.5) is 0 Å². The minimum atomic E-state index is -5.42. The van der Waals surface area contributed by atoms with Gasteiger partial charge in [-0.2, -0.15) is 16.8 Å². The number of aliphatic hydroxyl groups is 5. The summed E-state index contributed by atoms with van der Waals surface area (Å²) in [5.74, 6) is -1.94. The first-order chi connectivity index (χ1) is 14.6. The van der Waals surface area contributed by atoms with Gasteiger partial charge in [0.25, 0.3) is 0 Å². The first-order valence-electron chi connectivity index (χ1n) is 8.39. The molecule has 0 bridgehead atoms. The van der Waals surface area contributed by atoms with Crippen LogP contribution in [0.2, 0.25) is 0 Å². The zero-order valence-electron chi connectivity index (χ0n) is 15.5. The van der Waals surface area contributed by atoms with E-state index in [1.807, 2.05) is 0 Å². The van der Waals surface area contributed by atoms with E-state index in [0.717, 1.165) is 0 Å². The summed E-state index contributed by atoms with van der Waals surface area (Å²) in [6, 6.07) is 0. The van der Waals surface area contributed by atoms with Crippen LogP contribution in [0.5, 0.6) is 0 Å². The molecule has 8 N–H and O–H groups in total. The lowest BCUT2D eigenvalue weighted by Crippen LogP contribution is -2.66. The molecule has 2 aliphatic rings. The number of aliphatic carboxylic acids is 1. The largest absolute Gasteiger partial charge is 0.479 e. The Morgan fingerprint density at radius 2 is 1.34 bits per heavy atom. The molecule has 2 rings (SSSR count). The third-order valence-corrected chi connectivity index (χ3v) is 5.29. The molecule has 2 saturated heterocycles. The smallest absolute Gasteiger partial charge is 0.397 e. The van der Waals surface area contributed by atoms with E-state index in [1.54, 1.807) is 0 Å². The summed E-state index contributed by atoms with van der Waals surface area (Å²) in [6.07, 6.45) is -22.4. The third kappa shape index (κ3) is 6.48. The van der Waals surface area contributed by atoms with Crippen molar-refractivity contribution in [1.29, 1.82) is 0 Å². The molecule has 32 heavy (non-hydrogen) atoms. The minimum Gasteiger partial charge on any atom is -0.479 e. The number of carbonyl (C=O) groups is 1. The van der Waals surface area contributed by atoms with Gasteiger partial charge in [0.05, 0.1) is 6.61 Å². The molecule has 0 aromatic rings. The van der Waals surface area contributed by atoms with Gasteiger partial charge in [-0.3, -0.25) is 9.11 Å². The second kappa shape index (κ2) is 10.0. The Bertz CT molecular complexity index is 872. The topological polar surface area (TPSA) is 293 Å². The van der Waals surface area contributed by atoms with Crippen LogP contribution in [-0.4, -0.2) is 131 Å². The molecule has 0 aromatic carbocycles. The zero-order valence-corrected chi connectivity index (χ0v) is 17.1. The van der Waals surface area contributed by atoms with E-state index in [2.05, 4.69) is 13.1 Å². The number of carboxylic acids is 1. The van der Waals surface area contributed by atoms with Gasteiger partial charge < -0.3 is 44.8 Å². The Labute approximate surface area is 179 Å². The van der Waals surface area contributed by atoms with E-state index in [0.29, 0.717) is 0 Å². The highest BCUT2D eigenvalue weighted by Crippen LogP contribution is 2.32. The Kier molecular flexibility index (Phi) is 8.50. The Morgan fingerprint density at radius 1 is 0.812 bits per heavy atom. The van der Waals surface area contributed by atoms with Crippen molar-refractivity contribution < 1.29 is 84.0 Å². The highest BCUT2D eigenvalue weighted by molar-refractivity contribution is 7.81. The van der Waals surface area contributed by atoms with Crippen LogP contribution in [0.3, 0.4) is 0 Å². The van der Waals surface area contributed by atoms with Gasteiger partial charge in [0.15, 0.2) is 24.8 Å². The van der Waals surface area contributed by atoms with Crippen LogP contribution in [0.15, 0.2) is 0 Å². The molecule has 0 amide bonds. The van der Waals surface area contributed by atoms with Crippen LogP contribution in [-0.2, 0) is 48.2 Å². The normalized spacial score (nSPS) is 41.3. The zero-order chi connectivity index (χ0) is 24.6. The van der Waals surface area contributed by atoms with Crippen molar-refractivity contribution in [1.82, 2.24) is 0 Å². The average molecular weight is 516 g/mol. The van der Waals surface area contributed by atoms with E-state index in [4.69, 9.17) is 18.6 Å². The quantitative estimate of drug-likeness (QED) is 0.139. The van der Waals surface area contributed by atoms with Crippen molar-refractivity contribution in [3.05, 3.63) is 0 Å². The molecule has 2 aliphatic heterocycles. The van der Waals surface area contributed by atoms with Crippen LogP contribution in [0.25, 0.3) is 0 Å². The lowest BCUT2D eigenvalue weighted by Gasteiger charge is -2.45. The summed E-state index contributed by atoms with van der Waals surface area (Å²) < 4.78 is 85.4. The summed E-state index contributed by atoms with van der Waals surface area (Å²) in [5, 5.41) is 58.1. The molecule has 0 radical (unpaired) electrons. The Morgan fingerprint density at radius 3 is 1.81 bits per heavy atom. The number of hydrogen-bond donors (Lipinski definition) is 8. The number of ether oxygens (including phenoxy) is 3. The maximum atomic E-state index is 11.5. The van der Waals surface area contributed by atoms with Gasteiger partial charge in [0.1, 0.15) is 36.6 Å². The fourth-order valence-electron chi connectivity index (χ4n) is 3.00. The van der Waals surface area contributed by atoms with Crippen molar-refractivity contribution in [3.8, 4) is 0 Å². The van der Waals surface area contributed by atoms with Crippen molar-refractivity contribution in [2.24, 2.45) is 0 Å². The molecule has 188 valence electrons. The van der Waals surface area contributed by atoms with E-state index in [-0.39, 0.29) is 0 Å². The second-order valence-electron chi connectivity index (χ2n) is 6.56. The van der Waals surface area contributed by atoms with Crippen LogP contribution < -0.4 is 0 Å². The van der Waals surface area contributed by atoms with Crippen LogP contribution >= 0.6 is 0 Å². The van der Waals surface area contributed by atoms with Crippen molar-refractivity contribution >= 4 is 26.8 Å². The van der Waals surface area contributed by atoms with Crippen LogP contribution in [0.1, 0.15) is 0 Å². The molecule has 2 fully saturated rings. The van der Waals surface area contributed by atoms with Gasteiger partial charge in [0.2, 0.25) is 0 Å². The molecule has 10 atom stereocenters. The number of hydrogen-bond acceptors (Lipinski definition) is 15. The van der Waals surface area contributed by atoms with Gasteiger partial charge in [-0.15, -0.1) is 0 Å². The lowest BCUT2D eigenvalue weighted by molar-refractivity contribution is -0.345. The molecule has 0 aromatic heterocycles. The van der Waals surface area contributed by atoms with E-state index >= 15 is 0 Å². The SMILES string of the molecule is O=C(O)[C@@H]1OC(O)[C@H](O)[C@@H](OS(=O)(=O)O)[C@@H]1O[C@H]1O[C@H](CO)[C@@H](O)[C@H](O)[C@H]1OS(=O)(=O)O. The lowest BCUT2D eigenvalue weighted by atomic mass is 9.97. The van der Waals surface area contributed by atoms with Gasteiger partial charge >= 0.3 is 26.8 Å². The maximum Gasteiger partial charge on any atom is 0.397 e. The van der Waals surface area contributed by atoms with Gasteiger partial charge in [-0.25, -0.2) is 13.2 Å². The molecule has 1 unspecified atom stereocenters. The maximum absolute atomic E-state index is 11.5. The molecule has 20 heteroatoms. The first-order valence-corrected chi connectivity index (χ1v) is 11.1. The minimum absolute atomic E-state index is 1.01. The van der Waals surface area contributed by atoms with E-state index in [9.17, 15) is 52.3 Å². The highest BCUT2D eigenvalue weighted by Gasteiger charge is 2.55. The summed E-state index contributed by atoms with van der Waals surface area (Å²) in [7, 11) is -10.8. The molecule has 0 saturated carbocycles. The Hall–Kier alpha value is -1.11. The van der Waals surface area contributed by atoms with Gasteiger partial charge in [-0.1, -0.05) is 0 Å². The number of aliphatic hydroxyl groups excluding tert-OH is 5. The highest BCUT2D eigenvalue weighted by atomic mass is 32.3. The molecular formula is C12H20O18S2. The standard InChI is InChI=1S/C12H20O18S2/c13-1-2-3(14)4(15)7(30-32(23,24)25)12(26-2)28-8-6(29-31(20,21)22)5(16)11(19)27-9(8)10(17)18/h2-9,11-16,19H,1H2,(H,17,18)(H,20,21,22)(H,23,24,25)/t2-,3-,4+,5-,6-,7-,8+,9-,11?,12-/m1/s1. The third-order valence-electron chi connectivity index (χ3n) is 4.36. The summed E-state index contributed by atoms with van der Waals surface area (Å²) in [4.78, 5) is 11.5. The predicted molar refractivity (Wildman–Crippen MR) is 90.0 cm³/mol. The predicted octanol–water partition coefficient (Wildman–Crippen LogP) is -5.65. The summed E-state index contributed by atoms with van der Waals surface area (Å²) in [5.41, 5.74) is 0. The summed E-state index contributed by atoms with van der Waals surface area (Å²) >= 11 is 0. The molecule has 18 nitrogen and oxygen atoms in total. The molecule has 0 spiro atoms. The monoisotopic (exact) mass is 516 g/mol. The summed E-state index contributed by atoms with van der Waals surface area (Å²) in [6.45, 7) is -1.01. The van der Waals surface area contributed by atoms with E-state index in [1.165, 1.54) is 0 Å². The van der Waals surface area contributed by atoms with Crippen molar-refractivity contribution in [2.45, 2.75) is 61.4 Å². The molecule has 2 heterocycles. The van der Waals surface area contributed by atoms with Gasteiger partial charge in [0, 0.05) is 0 Å². The van der Waals surface area contributed by atoms with E-state index < -0.39 is 94.8 Å². The van der Waals surface area contributed by atoms with Crippen LogP contribution in [0, 0.1) is 0 Å². The average Bonchev–Trinajstić information content (AvgIpc) is 2.64. The second-order valence-corrected chi connectivity index (χ2v) is 8.66.